The average molecular weight is 156 g/mol. The van der Waals surface area contributed by atoms with Gasteiger partial charge in [-0.25, -0.2) is 0 Å². The predicted octanol–water partition coefficient (Wildman–Crippen LogP) is -0.789. The molecule has 4 nitrogen and oxygen atoms in total. The first-order valence-electron chi connectivity index (χ1n) is 3.69. The molecule has 1 rings (SSSR count). The number of carbonyl (C=O) groups is 2. The van der Waals surface area contributed by atoms with Crippen molar-refractivity contribution in [3.05, 3.63) is 0 Å². The summed E-state index contributed by atoms with van der Waals surface area (Å²) in [6.07, 6.45) is 1.58. The van der Waals surface area contributed by atoms with Crippen LogP contribution in [-0.2, 0) is 9.59 Å². The maximum Gasteiger partial charge on any atom is 0.224 e. The summed E-state index contributed by atoms with van der Waals surface area (Å²) in [7, 11) is 1.62. The number of hydrogen-bond acceptors (Lipinski definition) is 2. The van der Waals surface area contributed by atoms with Crippen molar-refractivity contribution in [3.63, 3.8) is 0 Å². The molecule has 1 heterocycles. The molecular weight excluding hydrogens is 144 g/mol. The molecule has 4 heteroatoms. The summed E-state index contributed by atoms with van der Waals surface area (Å²) in [6, 6.07) is 0. The topological polar surface area (TPSA) is 49.4 Å². The highest BCUT2D eigenvalue weighted by Gasteiger charge is 2.26. The maximum atomic E-state index is 11.0. The molecule has 0 bridgehead atoms. The van der Waals surface area contributed by atoms with Crippen molar-refractivity contribution in [2.75, 3.05) is 20.1 Å². The Morgan fingerprint density at radius 3 is 2.91 bits per heavy atom. The summed E-state index contributed by atoms with van der Waals surface area (Å²) in [5.74, 6) is 0.0413. The van der Waals surface area contributed by atoms with E-state index < -0.39 is 0 Å². The fourth-order valence-corrected chi connectivity index (χ4v) is 1.30. The second kappa shape index (κ2) is 3.37. The van der Waals surface area contributed by atoms with Crippen molar-refractivity contribution in [1.29, 1.82) is 0 Å². The minimum Gasteiger partial charge on any atom is -0.359 e. The molecule has 1 fully saturated rings. The normalized spacial score (nSPS) is 23.4. The molecule has 1 saturated heterocycles. The minimum atomic E-state index is 0.00481. The number of nitrogens with zero attached hydrogens (tertiary/aromatic N) is 1. The fourth-order valence-electron chi connectivity index (χ4n) is 1.30. The Kier molecular flexibility index (Phi) is 2.46. The lowest BCUT2D eigenvalue weighted by Crippen LogP contribution is -2.29. The number of amides is 2. The predicted molar refractivity (Wildman–Crippen MR) is 39.8 cm³/mol. The van der Waals surface area contributed by atoms with Crippen LogP contribution in [0.25, 0.3) is 0 Å². The van der Waals surface area contributed by atoms with Gasteiger partial charge in [0, 0.05) is 20.1 Å². The second-order valence-corrected chi connectivity index (χ2v) is 2.70. The van der Waals surface area contributed by atoms with Gasteiger partial charge in [-0.3, -0.25) is 9.59 Å². The quantitative estimate of drug-likeness (QED) is 0.533. The van der Waals surface area contributed by atoms with Crippen molar-refractivity contribution >= 4 is 12.3 Å². The molecule has 1 aliphatic rings. The van der Waals surface area contributed by atoms with E-state index >= 15 is 0 Å². The van der Waals surface area contributed by atoms with E-state index in [-0.39, 0.29) is 11.8 Å². The summed E-state index contributed by atoms with van der Waals surface area (Å²) in [5.41, 5.74) is 0. The third-order valence-electron chi connectivity index (χ3n) is 1.99. The molecular formula is C7H12N2O2. The molecule has 1 atom stereocenters. The zero-order valence-electron chi connectivity index (χ0n) is 6.54. The Morgan fingerprint density at radius 1 is 1.73 bits per heavy atom. The van der Waals surface area contributed by atoms with Crippen molar-refractivity contribution in [2.45, 2.75) is 6.42 Å². The Labute approximate surface area is 65.6 Å². The van der Waals surface area contributed by atoms with Crippen LogP contribution in [0.15, 0.2) is 0 Å². The smallest absolute Gasteiger partial charge is 0.224 e. The van der Waals surface area contributed by atoms with Crippen LogP contribution in [0.3, 0.4) is 0 Å². The van der Waals surface area contributed by atoms with Gasteiger partial charge in [0.15, 0.2) is 0 Å². The molecule has 0 aromatic rings. The first-order valence-corrected chi connectivity index (χ1v) is 3.69. The van der Waals surface area contributed by atoms with E-state index in [1.54, 1.807) is 11.9 Å². The van der Waals surface area contributed by atoms with Crippen molar-refractivity contribution in [3.8, 4) is 0 Å². The standard InChI is InChI=1S/C7H12N2O2/c1-8-7(11)6-2-3-9(4-6)5-10/h5-6H,2-4H2,1H3,(H,8,11). The van der Waals surface area contributed by atoms with E-state index in [1.165, 1.54) is 0 Å². The van der Waals surface area contributed by atoms with Gasteiger partial charge in [-0.05, 0) is 6.42 Å². The van der Waals surface area contributed by atoms with Gasteiger partial charge in [0.05, 0.1) is 5.92 Å². The van der Waals surface area contributed by atoms with Crippen molar-refractivity contribution in [1.82, 2.24) is 10.2 Å². The zero-order valence-corrected chi connectivity index (χ0v) is 6.54. The number of rotatable bonds is 2. The average Bonchev–Trinajstić information content (AvgIpc) is 2.50. The molecule has 0 aromatic heterocycles. The van der Waals surface area contributed by atoms with Gasteiger partial charge in [-0.15, -0.1) is 0 Å². The summed E-state index contributed by atoms with van der Waals surface area (Å²) < 4.78 is 0. The van der Waals surface area contributed by atoms with Crippen LogP contribution in [0.4, 0.5) is 0 Å². The molecule has 62 valence electrons. The van der Waals surface area contributed by atoms with Gasteiger partial charge in [0.1, 0.15) is 0 Å². The third-order valence-corrected chi connectivity index (χ3v) is 1.99. The maximum absolute atomic E-state index is 11.0. The first-order chi connectivity index (χ1) is 5.27. The lowest BCUT2D eigenvalue weighted by molar-refractivity contribution is -0.124. The molecule has 1 aliphatic heterocycles. The van der Waals surface area contributed by atoms with E-state index in [0.717, 1.165) is 12.8 Å². The molecule has 1 unspecified atom stereocenters. The van der Waals surface area contributed by atoms with Gasteiger partial charge in [0.25, 0.3) is 0 Å². The lowest BCUT2D eigenvalue weighted by atomic mass is 10.1. The monoisotopic (exact) mass is 156 g/mol. The van der Waals surface area contributed by atoms with Crippen LogP contribution in [0, 0.1) is 5.92 Å². The molecule has 0 saturated carbocycles. The van der Waals surface area contributed by atoms with Gasteiger partial charge < -0.3 is 10.2 Å². The van der Waals surface area contributed by atoms with Crippen LogP contribution in [-0.4, -0.2) is 37.4 Å². The SMILES string of the molecule is CNC(=O)C1CCN(C=O)C1. The van der Waals surface area contributed by atoms with Crippen LogP contribution in [0.1, 0.15) is 6.42 Å². The summed E-state index contributed by atoms with van der Waals surface area (Å²) in [6.45, 7) is 1.28. The first kappa shape index (κ1) is 8.04. The largest absolute Gasteiger partial charge is 0.359 e. The molecule has 0 radical (unpaired) electrons. The summed E-state index contributed by atoms with van der Waals surface area (Å²) >= 11 is 0. The number of hydrogen-bond donors (Lipinski definition) is 1. The molecule has 0 spiro atoms. The highest BCUT2D eigenvalue weighted by atomic mass is 16.2. The van der Waals surface area contributed by atoms with Gasteiger partial charge in [-0.1, -0.05) is 0 Å². The Morgan fingerprint density at radius 2 is 2.45 bits per heavy atom. The number of carbonyl (C=O) groups excluding carboxylic acids is 2. The van der Waals surface area contributed by atoms with E-state index in [2.05, 4.69) is 5.32 Å². The highest BCUT2D eigenvalue weighted by Crippen LogP contribution is 2.13. The van der Waals surface area contributed by atoms with E-state index in [9.17, 15) is 9.59 Å². The molecule has 1 N–H and O–H groups in total. The third kappa shape index (κ3) is 1.69. The summed E-state index contributed by atoms with van der Waals surface area (Å²) in [5, 5.41) is 2.57. The lowest BCUT2D eigenvalue weighted by Gasteiger charge is -2.08. The highest BCUT2D eigenvalue weighted by molar-refractivity contribution is 5.79. The van der Waals surface area contributed by atoms with E-state index in [0.29, 0.717) is 13.1 Å². The van der Waals surface area contributed by atoms with E-state index in [4.69, 9.17) is 0 Å². The van der Waals surface area contributed by atoms with Gasteiger partial charge in [-0.2, -0.15) is 0 Å². The van der Waals surface area contributed by atoms with Gasteiger partial charge >= 0.3 is 0 Å². The Bertz CT molecular complexity index is 170. The van der Waals surface area contributed by atoms with Crippen molar-refractivity contribution < 1.29 is 9.59 Å². The van der Waals surface area contributed by atoms with E-state index in [1.807, 2.05) is 0 Å². The van der Waals surface area contributed by atoms with Crippen LogP contribution >= 0.6 is 0 Å². The zero-order chi connectivity index (χ0) is 8.27. The Hall–Kier alpha value is -1.06. The van der Waals surface area contributed by atoms with Gasteiger partial charge in [0.2, 0.25) is 12.3 Å². The van der Waals surface area contributed by atoms with Crippen molar-refractivity contribution in [2.24, 2.45) is 5.92 Å². The number of likely N-dealkylation sites (tertiary alicyclic amines) is 1. The minimum absolute atomic E-state index is 0.00481. The fraction of sp³-hybridized carbons (Fsp3) is 0.714. The number of nitrogens with one attached hydrogen (secondary N) is 1. The molecule has 11 heavy (non-hydrogen) atoms. The Balaban J connectivity index is 2.41. The van der Waals surface area contributed by atoms with Crippen LogP contribution < -0.4 is 5.32 Å². The summed E-state index contributed by atoms with van der Waals surface area (Å²) in [4.78, 5) is 22.9. The molecule has 2 amide bonds. The molecule has 0 aromatic carbocycles. The van der Waals surface area contributed by atoms with Crippen LogP contribution in [0.2, 0.25) is 0 Å². The second-order valence-electron chi connectivity index (χ2n) is 2.70. The van der Waals surface area contributed by atoms with Crippen LogP contribution in [0.5, 0.6) is 0 Å². The molecule has 0 aliphatic carbocycles.